The molecule has 2 rings (SSSR count). The average Bonchev–Trinajstić information content (AvgIpc) is 3.12. The first kappa shape index (κ1) is 11.2. The number of piperidine rings is 1. The number of amidine groups is 1. The number of oxime groups is 1. The fraction of sp³-hybridized carbons (Fsp3) is 0.818. The third-order valence-electron chi connectivity index (χ3n) is 3.83. The largest absolute Gasteiger partial charge is 0.409 e. The zero-order valence-electron chi connectivity index (χ0n) is 9.65. The van der Waals surface area contributed by atoms with E-state index in [1.807, 2.05) is 11.8 Å². The molecular formula is C11H19N3O2. The number of carbonyl (C=O) groups is 1. The summed E-state index contributed by atoms with van der Waals surface area (Å²) in [6, 6.07) is 0. The van der Waals surface area contributed by atoms with Crippen molar-refractivity contribution in [1.82, 2.24) is 4.90 Å². The van der Waals surface area contributed by atoms with Crippen LogP contribution < -0.4 is 5.73 Å². The van der Waals surface area contributed by atoms with E-state index in [9.17, 15) is 4.79 Å². The Hall–Kier alpha value is -1.26. The van der Waals surface area contributed by atoms with Crippen molar-refractivity contribution in [3.05, 3.63) is 0 Å². The van der Waals surface area contributed by atoms with E-state index in [4.69, 9.17) is 10.9 Å². The van der Waals surface area contributed by atoms with Gasteiger partial charge in [-0.25, -0.2) is 0 Å². The quantitative estimate of drug-likeness (QED) is 0.315. The molecule has 16 heavy (non-hydrogen) atoms. The molecule has 0 unspecified atom stereocenters. The molecule has 90 valence electrons. The van der Waals surface area contributed by atoms with Crippen molar-refractivity contribution in [2.75, 3.05) is 13.1 Å². The van der Waals surface area contributed by atoms with Crippen molar-refractivity contribution in [2.45, 2.75) is 32.6 Å². The van der Waals surface area contributed by atoms with Gasteiger partial charge in [-0.1, -0.05) is 12.1 Å². The van der Waals surface area contributed by atoms with Gasteiger partial charge in [0, 0.05) is 24.4 Å². The molecule has 0 bridgehead atoms. The smallest absolute Gasteiger partial charge is 0.225 e. The number of hydrogen-bond donors (Lipinski definition) is 2. The normalized spacial score (nSPS) is 25.6. The molecule has 3 N–H and O–H groups in total. The maximum atomic E-state index is 11.8. The van der Waals surface area contributed by atoms with Crippen LogP contribution in [-0.4, -0.2) is 34.9 Å². The Kier molecular flexibility index (Phi) is 2.78. The molecule has 2 aliphatic rings. The van der Waals surface area contributed by atoms with Gasteiger partial charge in [0.1, 0.15) is 5.84 Å². The summed E-state index contributed by atoms with van der Waals surface area (Å²) >= 11 is 0. The number of rotatable bonds is 2. The van der Waals surface area contributed by atoms with Crippen molar-refractivity contribution in [3.8, 4) is 0 Å². The van der Waals surface area contributed by atoms with Gasteiger partial charge in [-0.15, -0.1) is 0 Å². The summed E-state index contributed by atoms with van der Waals surface area (Å²) in [6.45, 7) is 3.44. The Morgan fingerprint density at radius 3 is 2.44 bits per heavy atom. The Bertz CT molecular complexity index is 315. The van der Waals surface area contributed by atoms with Crippen molar-refractivity contribution >= 4 is 11.7 Å². The van der Waals surface area contributed by atoms with Crippen molar-refractivity contribution in [1.29, 1.82) is 0 Å². The first-order valence-corrected chi connectivity index (χ1v) is 5.83. The van der Waals surface area contributed by atoms with Crippen LogP contribution in [0.25, 0.3) is 0 Å². The van der Waals surface area contributed by atoms with Crippen LogP contribution in [0.4, 0.5) is 0 Å². The van der Waals surface area contributed by atoms with Crippen LogP contribution in [0.15, 0.2) is 5.16 Å². The lowest BCUT2D eigenvalue weighted by Crippen LogP contribution is -2.47. The van der Waals surface area contributed by atoms with Gasteiger partial charge >= 0.3 is 0 Å². The number of amides is 1. The van der Waals surface area contributed by atoms with Crippen LogP contribution in [0.1, 0.15) is 32.6 Å². The molecule has 2 fully saturated rings. The minimum atomic E-state index is -0.255. The van der Waals surface area contributed by atoms with E-state index in [0.29, 0.717) is 5.91 Å². The molecule has 1 saturated heterocycles. The molecule has 1 amide bonds. The number of nitrogens with two attached hydrogens (primary N) is 1. The van der Waals surface area contributed by atoms with Gasteiger partial charge in [0.15, 0.2) is 0 Å². The molecule has 0 radical (unpaired) electrons. The molecule has 0 aromatic rings. The monoisotopic (exact) mass is 225 g/mol. The summed E-state index contributed by atoms with van der Waals surface area (Å²) < 4.78 is 0. The molecule has 5 nitrogen and oxygen atoms in total. The summed E-state index contributed by atoms with van der Waals surface area (Å²) in [4.78, 5) is 13.7. The van der Waals surface area contributed by atoms with Crippen LogP contribution >= 0.6 is 0 Å². The van der Waals surface area contributed by atoms with Gasteiger partial charge in [-0.05, 0) is 25.7 Å². The minimum absolute atomic E-state index is 0.255. The maximum absolute atomic E-state index is 11.8. The zero-order chi connectivity index (χ0) is 11.8. The highest BCUT2D eigenvalue weighted by Gasteiger charge is 2.39. The molecule has 1 saturated carbocycles. The van der Waals surface area contributed by atoms with E-state index in [1.54, 1.807) is 0 Å². The topological polar surface area (TPSA) is 78.9 Å². The van der Waals surface area contributed by atoms with Crippen molar-refractivity contribution in [2.24, 2.45) is 22.2 Å². The van der Waals surface area contributed by atoms with Crippen molar-refractivity contribution in [3.63, 3.8) is 0 Å². The second kappa shape index (κ2) is 3.96. The second-order valence-corrected chi connectivity index (χ2v) is 5.15. The molecule has 0 aromatic heterocycles. The third kappa shape index (κ3) is 1.99. The highest BCUT2D eigenvalue weighted by Crippen LogP contribution is 2.35. The number of carbonyl (C=O) groups excluding carboxylic acids is 1. The van der Waals surface area contributed by atoms with E-state index < -0.39 is 0 Å². The first-order valence-electron chi connectivity index (χ1n) is 5.83. The Morgan fingerprint density at radius 1 is 1.44 bits per heavy atom. The van der Waals surface area contributed by atoms with E-state index in [2.05, 4.69) is 5.16 Å². The number of nitrogens with zero attached hydrogens (tertiary/aromatic N) is 2. The first-order chi connectivity index (χ1) is 7.57. The van der Waals surface area contributed by atoms with Crippen LogP contribution in [0, 0.1) is 11.3 Å². The second-order valence-electron chi connectivity index (χ2n) is 5.15. The average molecular weight is 225 g/mol. The molecule has 0 aromatic carbocycles. The molecule has 1 aliphatic carbocycles. The lowest BCUT2D eigenvalue weighted by atomic mass is 9.79. The van der Waals surface area contributed by atoms with E-state index in [1.165, 1.54) is 0 Å². The van der Waals surface area contributed by atoms with Gasteiger partial charge in [-0.3, -0.25) is 4.79 Å². The van der Waals surface area contributed by atoms with Crippen molar-refractivity contribution < 1.29 is 10.0 Å². The minimum Gasteiger partial charge on any atom is -0.409 e. The number of hydrogen-bond acceptors (Lipinski definition) is 3. The summed E-state index contributed by atoms with van der Waals surface area (Å²) in [5.41, 5.74) is 5.42. The van der Waals surface area contributed by atoms with E-state index in [0.717, 1.165) is 38.8 Å². The Labute approximate surface area is 95.3 Å². The summed E-state index contributed by atoms with van der Waals surface area (Å²) in [5, 5.41) is 11.8. The molecule has 1 heterocycles. The standard InChI is InChI=1S/C11H19N3O2/c1-11(10(12)13-16)4-6-14(7-5-11)9(15)8-2-3-8/h8,16H,2-7H2,1H3,(H2,12,13). The Morgan fingerprint density at radius 2 is 2.00 bits per heavy atom. The fourth-order valence-electron chi connectivity index (χ4n) is 2.19. The molecule has 5 heteroatoms. The van der Waals surface area contributed by atoms with Gasteiger partial charge in [0.05, 0.1) is 0 Å². The Balaban J connectivity index is 1.93. The summed E-state index contributed by atoms with van der Waals surface area (Å²) in [6.07, 6.45) is 3.66. The van der Waals surface area contributed by atoms with Crippen LogP contribution in [0.2, 0.25) is 0 Å². The van der Waals surface area contributed by atoms with Crippen LogP contribution in [-0.2, 0) is 4.79 Å². The third-order valence-corrected chi connectivity index (χ3v) is 3.83. The van der Waals surface area contributed by atoms with Crippen LogP contribution in [0.5, 0.6) is 0 Å². The predicted octanol–water partition coefficient (Wildman–Crippen LogP) is 0.771. The van der Waals surface area contributed by atoms with Gasteiger partial charge in [0.2, 0.25) is 5.91 Å². The molecule has 0 atom stereocenters. The number of likely N-dealkylation sites (tertiary alicyclic amines) is 1. The summed E-state index contributed by atoms with van der Waals surface area (Å²) in [7, 11) is 0. The van der Waals surface area contributed by atoms with E-state index >= 15 is 0 Å². The lowest BCUT2D eigenvalue weighted by Gasteiger charge is -2.38. The lowest BCUT2D eigenvalue weighted by molar-refractivity contribution is -0.134. The van der Waals surface area contributed by atoms with Crippen LogP contribution in [0.3, 0.4) is 0 Å². The van der Waals surface area contributed by atoms with E-state index in [-0.39, 0.29) is 17.2 Å². The fourth-order valence-corrected chi connectivity index (χ4v) is 2.19. The van der Waals surface area contributed by atoms with Gasteiger partial charge in [-0.2, -0.15) is 0 Å². The SMILES string of the molecule is CC1(C(N)=NO)CCN(C(=O)C2CC2)CC1. The predicted molar refractivity (Wildman–Crippen MR) is 60.1 cm³/mol. The highest BCUT2D eigenvalue weighted by atomic mass is 16.4. The highest BCUT2D eigenvalue weighted by molar-refractivity contribution is 5.86. The maximum Gasteiger partial charge on any atom is 0.225 e. The van der Waals surface area contributed by atoms with Gasteiger partial charge < -0.3 is 15.8 Å². The molecule has 1 aliphatic heterocycles. The molecule has 0 spiro atoms. The van der Waals surface area contributed by atoms with Gasteiger partial charge in [0.25, 0.3) is 0 Å². The summed E-state index contributed by atoms with van der Waals surface area (Å²) in [5.74, 6) is 0.862. The molecular weight excluding hydrogens is 206 g/mol. The zero-order valence-corrected chi connectivity index (χ0v) is 9.65.